The Morgan fingerprint density at radius 1 is 0.683 bits per heavy atom. The molecule has 0 bridgehead atoms. The minimum Gasteiger partial charge on any atom is -0.497 e. The first-order valence-electron chi connectivity index (χ1n) is 12.4. The average Bonchev–Trinajstić information content (AvgIpc) is 3.37. The molecule has 0 saturated heterocycles. The van der Waals surface area contributed by atoms with Crippen molar-refractivity contribution in [2.45, 2.75) is 6.18 Å². The van der Waals surface area contributed by atoms with Crippen molar-refractivity contribution in [3.05, 3.63) is 121 Å². The van der Waals surface area contributed by atoms with Crippen LogP contribution in [0.2, 0.25) is 0 Å². The Morgan fingerprint density at radius 2 is 1.41 bits per heavy atom. The molecule has 0 saturated carbocycles. The van der Waals surface area contributed by atoms with E-state index in [0.29, 0.717) is 32.8 Å². The second-order valence-corrected chi connectivity index (χ2v) is 10.2. The largest absolute Gasteiger partial charge is 2.00 e. The third-order valence-corrected chi connectivity index (χ3v) is 7.89. The van der Waals surface area contributed by atoms with Crippen molar-refractivity contribution < 1.29 is 39.0 Å². The van der Waals surface area contributed by atoms with Crippen molar-refractivity contribution in [2.75, 3.05) is 0 Å². The molecule has 3 heterocycles. The summed E-state index contributed by atoms with van der Waals surface area (Å²) in [7, 11) is 0. The molecule has 7 rings (SSSR count). The molecular weight excluding hydrogens is 725 g/mol. The molecule has 7 aromatic rings. The van der Waals surface area contributed by atoms with Gasteiger partial charge in [-0.25, -0.2) is 0 Å². The Kier molecular flexibility index (Phi) is 7.10. The number of benzene rings is 4. The number of hydrogen-bond acceptors (Lipinski definition) is 4. The first-order valence-corrected chi connectivity index (χ1v) is 13.2. The molecule has 8 heteroatoms. The van der Waals surface area contributed by atoms with Crippen molar-refractivity contribution in [3.63, 3.8) is 0 Å². The van der Waals surface area contributed by atoms with Crippen LogP contribution in [-0.2, 0) is 27.2 Å². The van der Waals surface area contributed by atoms with Gasteiger partial charge in [0.2, 0.25) is 0 Å². The van der Waals surface area contributed by atoms with Crippen LogP contribution in [0.1, 0.15) is 5.56 Å². The van der Waals surface area contributed by atoms with Gasteiger partial charge in [-0.15, -0.1) is 58.9 Å². The van der Waals surface area contributed by atoms with Crippen LogP contribution >= 0.6 is 11.3 Å². The van der Waals surface area contributed by atoms with Gasteiger partial charge in [-0.3, -0.25) is 0 Å². The summed E-state index contributed by atoms with van der Waals surface area (Å²) in [6, 6.07) is 34.2. The summed E-state index contributed by atoms with van der Waals surface area (Å²) < 4.78 is 49.8. The molecule has 0 atom stereocenters. The summed E-state index contributed by atoms with van der Waals surface area (Å²) in [4.78, 5) is 8.67. The Balaban J connectivity index is 0.00000302. The van der Waals surface area contributed by atoms with Crippen LogP contribution in [0.3, 0.4) is 0 Å². The van der Waals surface area contributed by atoms with Gasteiger partial charge >= 0.3 is 27.2 Å². The monoisotopic (exact) mass is 741 g/mol. The van der Waals surface area contributed by atoms with Gasteiger partial charge in [-0.05, 0) is 22.5 Å². The van der Waals surface area contributed by atoms with E-state index in [4.69, 9.17) is 4.74 Å². The Hall–Kier alpha value is -4.06. The van der Waals surface area contributed by atoms with E-state index >= 15 is 0 Å². The number of alkyl halides is 3. The molecular formula is C33H17F3N2OPtS. The van der Waals surface area contributed by atoms with Crippen LogP contribution < -0.4 is 4.74 Å². The fraction of sp³-hybridized carbons (Fsp3) is 0.0303. The van der Waals surface area contributed by atoms with Gasteiger partial charge in [0.25, 0.3) is 0 Å². The summed E-state index contributed by atoms with van der Waals surface area (Å²) >= 11 is 1.32. The van der Waals surface area contributed by atoms with Gasteiger partial charge in [-0.2, -0.15) is 13.2 Å². The quantitative estimate of drug-likeness (QED) is 0.169. The van der Waals surface area contributed by atoms with Crippen molar-refractivity contribution in [2.24, 2.45) is 0 Å². The SMILES string of the molecule is FC(F)(F)c1cnc(-c2[c-]c(Oc3[c-]c(-c4ccccn4)ccc3)ccc2)c2sc3c4ccccc4ccc3c12.[Pt+2]. The molecule has 0 N–H and O–H groups in total. The average molecular weight is 742 g/mol. The molecule has 0 amide bonds. The first kappa shape index (κ1) is 27.1. The van der Waals surface area contributed by atoms with E-state index in [-0.39, 0.29) is 26.5 Å². The fourth-order valence-corrected chi connectivity index (χ4v) is 6.22. The van der Waals surface area contributed by atoms with Gasteiger partial charge in [0.05, 0.1) is 5.56 Å². The second kappa shape index (κ2) is 10.7. The van der Waals surface area contributed by atoms with Crippen LogP contribution in [0.5, 0.6) is 11.5 Å². The van der Waals surface area contributed by atoms with Gasteiger partial charge in [0, 0.05) is 49.8 Å². The number of pyridine rings is 2. The summed E-state index contributed by atoms with van der Waals surface area (Å²) in [5, 5.41) is 2.59. The van der Waals surface area contributed by atoms with Crippen LogP contribution in [-0.4, -0.2) is 9.97 Å². The zero-order valence-electron chi connectivity index (χ0n) is 21.0. The van der Waals surface area contributed by atoms with Gasteiger partial charge in [-0.1, -0.05) is 60.7 Å². The third kappa shape index (κ3) is 5.01. The maximum absolute atomic E-state index is 14.2. The molecule has 41 heavy (non-hydrogen) atoms. The number of rotatable bonds is 4. The summed E-state index contributed by atoms with van der Waals surface area (Å²) in [6.45, 7) is 0. The zero-order chi connectivity index (χ0) is 27.3. The third-order valence-electron chi connectivity index (χ3n) is 6.65. The fourth-order valence-electron chi connectivity index (χ4n) is 4.86. The van der Waals surface area contributed by atoms with E-state index in [9.17, 15) is 13.2 Å². The van der Waals surface area contributed by atoms with Crippen molar-refractivity contribution in [1.29, 1.82) is 0 Å². The number of aromatic nitrogens is 2. The molecule has 3 aromatic heterocycles. The van der Waals surface area contributed by atoms with Crippen molar-refractivity contribution in [3.8, 4) is 34.0 Å². The van der Waals surface area contributed by atoms with E-state index in [1.807, 2.05) is 60.7 Å². The molecule has 0 fully saturated rings. The smallest absolute Gasteiger partial charge is 0.497 e. The Labute approximate surface area is 251 Å². The van der Waals surface area contributed by atoms with E-state index in [1.54, 1.807) is 36.5 Å². The summed E-state index contributed by atoms with van der Waals surface area (Å²) in [5.74, 6) is 0.865. The van der Waals surface area contributed by atoms with Crippen LogP contribution in [0.4, 0.5) is 13.2 Å². The number of nitrogens with zero attached hydrogens (tertiary/aromatic N) is 2. The molecule has 0 aliphatic heterocycles. The normalized spacial score (nSPS) is 11.6. The second-order valence-electron chi connectivity index (χ2n) is 9.16. The Bertz CT molecular complexity index is 2040. The van der Waals surface area contributed by atoms with E-state index in [2.05, 4.69) is 22.1 Å². The van der Waals surface area contributed by atoms with Crippen molar-refractivity contribution >= 4 is 42.3 Å². The van der Waals surface area contributed by atoms with Crippen LogP contribution in [0.25, 0.3) is 53.5 Å². The topological polar surface area (TPSA) is 35.0 Å². The molecule has 0 aliphatic rings. The summed E-state index contributed by atoms with van der Waals surface area (Å²) in [5.41, 5.74) is 1.75. The molecule has 0 spiro atoms. The van der Waals surface area contributed by atoms with Crippen LogP contribution in [0, 0.1) is 12.1 Å². The Morgan fingerprint density at radius 3 is 2.17 bits per heavy atom. The van der Waals surface area contributed by atoms with Gasteiger partial charge in [0.15, 0.2) is 0 Å². The minimum absolute atomic E-state index is 0. The van der Waals surface area contributed by atoms with Gasteiger partial charge in [0.1, 0.15) is 0 Å². The van der Waals surface area contributed by atoms with E-state index < -0.39 is 11.7 Å². The molecule has 0 radical (unpaired) electrons. The van der Waals surface area contributed by atoms with E-state index in [0.717, 1.165) is 32.9 Å². The molecule has 3 nitrogen and oxygen atoms in total. The predicted molar refractivity (Wildman–Crippen MR) is 152 cm³/mol. The van der Waals surface area contributed by atoms with Gasteiger partial charge < -0.3 is 14.7 Å². The maximum Gasteiger partial charge on any atom is 2.00 e. The number of fused-ring (bicyclic) bond motifs is 5. The number of hydrogen-bond donors (Lipinski definition) is 0. The number of ether oxygens (including phenoxy) is 1. The summed E-state index contributed by atoms with van der Waals surface area (Å²) in [6.07, 6.45) is -1.92. The van der Waals surface area contributed by atoms with Crippen molar-refractivity contribution in [1.82, 2.24) is 9.97 Å². The first-order chi connectivity index (χ1) is 19.5. The molecule has 4 aromatic carbocycles. The number of thiophene rings is 1. The van der Waals surface area contributed by atoms with E-state index in [1.165, 1.54) is 11.3 Å². The van der Waals surface area contributed by atoms with Crippen LogP contribution in [0.15, 0.2) is 103 Å². The number of halogens is 3. The molecule has 0 unspecified atom stereocenters. The predicted octanol–water partition coefficient (Wildman–Crippen LogP) is 9.74. The minimum atomic E-state index is -4.55. The zero-order valence-corrected chi connectivity index (χ0v) is 24.1. The molecule has 202 valence electrons. The standard InChI is InChI=1S/C33H17F3N2OS.Pt/c34-33(35,36)27-19-38-30(32-29(27)26-15-14-20-7-1-2-12-25(20)31(26)40-32)22-9-6-11-24(18-22)39-23-10-5-8-21(17-23)28-13-3-4-16-37-28;/h1-16,19H;/q-2;+2. The molecule has 0 aliphatic carbocycles. The maximum atomic E-state index is 14.2.